The smallest absolute Gasteiger partial charge is 0.238 e. The molecule has 0 aliphatic heterocycles. The highest BCUT2D eigenvalue weighted by atomic mass is 127. The van der Waals surface area contributed by atoms with Gasteiger partial charge in [-0.2, -0.15) is 0 Å². The summed E-state index contributed by atoms with van der Waals surface area (Å²) >= 11 is 0. The summed E-state index contributed by atoms with van der Waals surface area (Å²) in [5.74, 6) is 2.57. The first kappa shape index (κ1) is 26.7. The first-order valence-electron chi connectivity index (χ1n) is 11.1. The molecule has 32 heavy (non-hydrogen) atoms. The molecule has 0 atom stereocenters. The van der Waals surface area contributed by atoms with Crippen LogP contribution >= 0.6 is 24.0 Å². The number of nitrogens with two attached hydrogens (primary N) is 1. The Morgan fingerprint density at radius 3 is 2.47 bits per heavy atom. The molecular formula is C23H35IN4O3S. The zero-order valence-electron chi connectivity index (χ0n) is 18.6. The number of rotatable bonds is 9. The number of halogens is 1. The third-order valence-corrected chi connectivity index (χ3v) is 6.73. The Balaban J connectivity index is 0.00000363. The summed E-state index contributed by atoms with van der Waals surface area (Å²) in [6.07, 6.45) is 9.89. The van der Waals surface area contributed by atoms with E-state index in [1.807, 2.05) is 12.1 Å². The van der Waals surface area contributed by atoms with Gasteiger partial charge in [-0.1, -0.05) is 31.9 Å². The van der Waals surface area contributed by atoms with Gasteiger partial charge < -0.3 is 15.1 Å². The van der Waals surface area contributed by atoms with Gasteiger partial charge >= 0.3 is 0 Å². The van der Waals surface area contributed by atoms with Crippen LogP contribution in [0.2, 0.25) is 0 Å². The maximum absolute atomic E-state index is 11.4. The van der Waals surface area contributed by atoms with Crippen molar-refractivity contribution in [2.45, 2.75) is 69.4 Å². The van der Waals surface area contributed by atoms with E-state index in [1.54, 1.807) is 18.4 Å². The Hall–Kier alpha value is -1.59. The molecule has 0 spiro atoms. The largest absolute Gasteiger partial charge is 0.469 e. The number of nitrogens with one attached hydrogen (secondary N) is 2. The van der Waals surface area contributed by atoms with Crippen molar-refractivity contribution in [3.8, 4) is 0 Å². The number of furan rings is 1. The molecule has 0 bridgehead atoms. The van der Waals surface area contributed by atoms with Crippen LogP contribution in [0.4, 0.5) is 0 Å². The summed E-state index contributed by atoms with van der Waals surface area (Å²) in [5, 5.41) is 12.2. The van der Waals surface area contributed by atoms with E-state index in [4.69, 9.17) is 14.5 Å². The Kier molecular flexibility index (Phi) is 11.0. The van der Waals surface area contributed by atoms with Gasteiger partial charge in [0.2, 0.25) is 10.0 Å². The summed E-state index contributed by atoms with van der Waals surface area (Å²) in [4.78, 5) is 4.85. The van der Waals surface area contributed by atoms with Crippen molar-refractivity contribution in [1.82, 2.24) is 10.6 Å². The number of guanidine groups is 1. The standard InChI is InChI=1S/C23H34N4O3S.HI/c1-2-4-18-6-10-20(11-7-18)27-23(25-15-14-21-5-3-16-30-21)26-17-19-8-12-22(13-9-19)31(24,28)29;/h3,5,8-9,12-13,16,18,20H,2,4,6-7,10-11,14-15,17H2,1H3,(H2,24,28,29)(H2,25,26,27);1H. The van der Waals surface area contributed by atoms with E-state index in [0.29, 0.717) is 12.6 Å². The molecule has 3 rings (SSSR count). The van der Waals surface area contributed by atoms with Crippen molar-refractivity contribution in [2.75, 3.05) is 6.54 Å². The average Bonchev–Trinajstić information content (AvgIpc) is 3.27. The van der Waals surface area contributed by atoms with Crippen LogP contribution in [0.3, 0.4) is 0 Å². The number of nitrogens with zero attached hydrogens (tertiary/aromatic N) is 1. The van der Waals surface area contributed by atoms with Crippen molar-refractivity contribution in [3.05, 3.63) is 54.0 Å². The van der Waals surface area contributed by atoms with Gasteiger partial charge in [-0.05, 0) is 61.4 Å². The second-order valence-corrected chi connectivity index (χ2v) is 9.82. The molecular weight excluding hydrogens is 539 g/mol. The van der Waals surface area contributed by atoms with Crippen LogP contribution in [0.25, 0.3) is 0 Å². The summed E-state index contributed by atoms with van der Waals surface area (Å²) in [6, 6.07) is 10.8. The van der Waals surface area contributed by atoms with Gasteiger partial charge in [0.25, 0.3) is 0 Å². The first-order chi connectivity index (χ1) is 14.9. The lowest BCUT2D eigenvalue weighted by atomic mass is 9.83. The van der Waals surface area contributed by atoms with Crippen molar-refractivity contribution in [1.29, 1.82) is 0 Å². The SMILES string of the molecule is CCCC1CCC(NC(=NCc2ccc(S(N)(=O)=O)cc2)NCCc2ccco2)CC1.I. The fraction of sp³-hybridized carbons (Fsp3) is 0.522. The average molecular weight is 575 g/mol. The fourth-order valence-electron chi connectivity index (χ4n) is 4.06. The molecule has 1 fully saturated rings. The van der Waals surface area contributed by atoms with Gasteiger partial charge in [-0.25, -0.2) is 18.5 Å². The third-order valence-electron chi connectivity index (χ3n) is 5.80. The lowest BCUT2D eigenvalue weighted by Crippen LogP contribution is -2.45. The lowest BCUT2D eigenvalue weighted by Gasteiger charge is -2.30. The van der Waals surface area contributed by atoms with Gasteiger partial charge in [0.15, 0.2) is 5.96 Å². The van der Waals surface area contributed by atoms with E-state index >= 15 is 0 Å². The van der Waals surface area contributed by atoms with Crippen LogP contribution in [0.5, 0.6) is 0 Å². The van der Waals surface area contributed by atoms with Crippen LogP contribution < -0.4 is 15.8 Å². The maximum atomic E-state index is 11.4. The Morgan fingerprint density at radius 1 is 1.16 bits per heavy atom. The Bertz CT molecular complexity index is 923. The zero-order chi connectivity index (χ0) is 22.1. The molecule has 9 heteroatoms. The highest BCUT2D eigenvalue weighted by molar-refractivity contribution is 14.0. The normalized spacial score (nSPS) is 19.2. The third kappa shape index (κ3) is 8.74. The quantitative estimate of drug-likeness (QED) is 0.237. The van der Waals surface area contributed by atoms with Crippen LogP contribution in [-0.2, 0) is 23.0 Å². The first-order valence-corrected chi connectivity index (χ1v) is 12.7. The molecule has 0 saturated heterocycles. The van der Waals surface area contributed by atoms with Gasteiger partial charge in [0.05, 0.1) is 17.7 Å². The Morgan fingerprint density at radius 2 is 1.88 bits per heavy atom. The maximum Gasteiger partial charge on any atom is 0.238 e. The number of hydrogen-bond donors (Lipinski definition) is 3. The van der Waals surface area contributed by atoms with E-state index in [2.05, 4.69) is 17.6 Å². The van der Waals surface area contributed by atoms with Crippen LogP contribution in [0.1, 0.15) is 56.8 Å². The van der Waals surface area contributed by atoms with E-state index in [9.17, 15) is 8.42 Å². The second-order valence-electron chi connectivity index (χ2n) is 8.26. The lowest BCUT2D eigenvalue weighted by molar-refractivity contribution is 0.295. The minimum Gasteiger partial charge on any atom is -0.469 e. The van der Waals surface area contributed by atoms with Gasteiger partial charge in [-0.15, -0.1) is 24.0 Å². The molecule has 1 saturated carbocycles. The summed E-state index contributed by atoms with van der Waals surface area (Å²) < 4.78 is 28.3. The van der Waals surface area contributed by atoms with E-state index in [-0.39, 0.29) is 28.9 Å². The highest BCUT2D eigenvalue weighted by Crippen LogP contribution is 2.27. The molecule has 1 aromatic heterocycles. The number of primary sulfonamides is 1. The van der Waals surface area contributed by atoms with Gasteiger partial charge in [0.1, 0.15) is 5.76 Å². The topological polar surface area (TPSA) is 110 Å². The van der Waals surface area contributed by atoms with Gasteiger partial charge in [-0.3, -0.25) is 0 Å². The molecule has 1 heterocycles. The number of aliphatic imine (C=N–C) groups is 1. The summed E-state index contributed by atoms with van der Waals surface area (Å²) in [6.45, 7) is 3.43. The molecule has 0 radical (unpaired) electrons. The number of hydrogen-bond acceptors (Lipinski definition) is 4. The summed E-state index contributed by atoms with van der Waals surface area (Å²) in [7, 11) is -3.68. The molecule has 7 nitrogen and oxygen atoms in total. The minimum atomic E-state index is -3.68. The van der Waals surface area contributed by atoms with Crippen molar-refractivity contribution in [2.24, 2.45) is 16.0 Å². The monoisotopic (exact) mass is 574 g/mol. The van der Waals surface area contributed by atoms with Crippen molar-refractivity contribution < 1.29 is 12.8 Å². The highest BCUT2D eigenvalue weighted by Gasteiger charge is 2.21. The van der Waals surface area contributed by atoms with Crippen molar-refractivity contribution >= 4 is 40.0 Å². The zero-order valence-corrected chi connectivity index (χ0v) is 21.8. The summed E-state index contributed by atoms with van der Waals surface area (Å²) in [5.41, 5.74) is 0.922. The number of sulfonamides is 1. The fourth-order valence-corrected chi connectivity index (χ4v) is 4.58. The molecule has 178 valence electrons. The number of benzene rings is 1. The van der Waals surface area contributed by atoms with Crippen molar-refractivity contribution in [3.63, 3.8) is 0 Å². The van der Waals surface area contributed by atoms with Crippen LogP contribution in [0, 0.1) is 5.92 Å². The molecule has 1 aliphatic carbocycles. The molecule has 1 aromatic carbocycles. The molecule has 2 aromatic rings. The van der Waals surface area contributed by atoms with E-state index in [0.717, 1.165) is 49.0 Å². The molecule has 4 N–H and O–H groups in total. The predicted octanol–water partition coefficient (Wildman–Crippen LogP) is 4.18. The Labute approximate surface area is 208 Å². The van der Waals surface area contributed by atoms with E-state index in [1.165, 1.54) is 37.8 Å². The second kappa shape index (κ2) is 13.2. The predicted molar refractivity (Wildman–Crippen MR) is 139 cm³/mol. The molecule has 0 unspecified atom stereocenters. The van der Waals surface area contributed by atoms with Crippen LogP contribution in [-0.4, -0.2) is 27.0 Å². The van der Waals surface area contributed by atoms with E-state index < -0.39 is 10.0 Å². The molecule has 0 amide bonds. The molecule has 1 aliphatic rings. The minimum absolute atomic E-state index is 0. The van der Waals surface area contributed by atoms with Gasteiger partial charge in [0, 0.05) is 19.0 Å². The van der Waals surface area contributed by atoms with Crippen LogP contribution in [0.15, 0.2) is 57.0 Å².